The van der Waals surface area contributed by atoms with Crippen molar-refractivity contribution in [1.82, 2.24) is 0 Å². The van der Waals surface area contributed by atoms with Crippen molar-refractivity contribution in [3.8, 4) is 5.75 Å². The van der Waals surface area contributed by atoms with E-state index in [2.05, 4.69) is 46.8 Å². The van der Waals surface area contributed by atoms with Crippen molar-refractivity contribution >= 4 is 0 Å². The van der Waals surface area contributed by atoms with Crippen LogP contribution in [0.1, 0.15) is 82.9 Å². The molecule has 0 radical (unpaired) electrons. The first-order chi connectivity index (χ1) is 10.3. The molecule has 0 N–H and O–H groups in total. The standard InChI is InChI=1S/C21H32O/c1-14(2)16-12-15-8-9-19-20(3,4)10-7-11-21(19,5)17(15)13-18(16)22-6/h12-14,19H,7-11H2,1-6H3/t19-,21+/m1/s1. The van der Waals surface area contributed by atoms with Crippen LogP contribution >= 0.6 is 0 Å². The maximum Gasteiger partial charge on any atom is 0.122 e. The number of hydrogen-bond acceptors (Lipinski definition) is 1. The fourth-order valence-electron chi connectivity index (χ4n) is 5.46. The van der Waals surface area contributed by atoms with E-state index in [1.807, 2.05) is 7.11 Å². The Morgan fingerprint density at radius 1 is 1.14 bits per heavy atom. The molecule has 0 aromatic heterocycles. The Bertz CT molecular complexity index is 570. The zero-order chi connectivity index (χ0) is 16.1. The largest absolute Gasteiger partial charge is 0.496 e. The Kier molecular flexibility index (Phi) is 3.82. The molecule has 0 heterocycles. The molecule has 2 aliphatic carbocycles. The second-order valence-corrected chi connectivity index (χ2v) is 8.76. The third kappa shape index (κ3) is 2.28. The smallest absolute Gasteiger partial charge is 0.122 e. The molecule has 22 heavy (non-hydrogen) atoms. The third-order valence-electron chi connectivity index (χ3n) is 6.62. The van der Waals surface area contributed by atoms with Crippen LogP contribution in [0.4, 0.5) is 0 Å². The highest BCUT2D eigenvalue weighted by molar-refractivity contribution is 5.49. The highest BCUT2D eigenvalue weighted by Crippen LogP contribution is 2.57. The first-order valence-corrected chi connectivity index (χ1v) is 9.01. The van der Waals surface area contributed by atoms with E-state index >= 15 is 0 Å². The van der Waals surface area contributed by atoms with E-state index in [9.17, 15) is 0 Å². The van der Waals surface area contributed by atoms with E-state index in [4.69, 9.17) is 4.74 Å². The molecule has 1 heteroatoms. The Labute approximate surface area is 136 Å². The molecule has 1 nitrogen and oxygen atoms in total. The molecule has 0 spiro atoms. The van der Waals surface area contributed by atoms with Crippen LogP contribution in [0.3, 0.4) is 0 Å². The topological polar surface area (TPSA) is 9.23 Å². The SMILES string of the molecule is COc1cc2c(cc1C(C)C)CC[C@@H]1C(C)(C)CCC[C@@]21C. The van der Waals surface area contributed by atoms with Crippen molar-refractivity contribution in [1.29, 1.82) is 0 Å². The summed E-state index contributed by atoms with van der Waals surface area (Å²) >= 11 is 0. The summed E-state index contributed by atoms with van der Waals surface area (Å²) in [5, 5.41) is 0. The minimum atomic E-state index is 0.331. The Morgan fingerprint density at radius 2 is 1.86 bits per heavy atom. The summed E-state index contributed by atoms with van der Waals surface area (Å²) in [7, 11) is 1.82. The summed E-state index contributed by atoms with van der Waals surface area (Å²) in [6.07, 6.45) is 6.65. The summed E-state index contributed by atoms with van der Waals surface area (Å²) in [6, 6.07) is 4.83. The molecule has 1 aromatic carbocycles. The number of rotatable bonds is 2. The minimum absolute atomic E-state index is 0.331. The molecule has 0 unspecified atom stereocenters. The molecule has 1 aromatic rings. The van der Waals surface area contributed by atoms with Crippen LogP contribution in [-0.2, 0) is 11.8 Å². The van der Waals surface area contributed by atoms with Gasteiger partial charge in [0.15, 0.2) is 0 Å². The average Bonchev–Trinajstić information content (AvgIpc) is 2.45. The van der Waals surface area contributed by atoms with Crippen LogP contribution in [0, 0.1) is 11.3 Å². The van der Waals surface area contributed by atoms with E-state index in [1.54, 1.807) is 11.1 Å². The molecule has 0 bridgehead atoms. The van der Waals surface area contributed by atoms with Gasteiger partial charge in [-0.3, -0.25) is 0 Å². The van der Waals surface area contributed by atoms with Gasteiger partial charge in [-0.05, 0) is 71.1 Å². The quantitative estimate of drug-likeness (QED) is 0.666. The first kappa shape index (κ1) is 15.9. The maximum atomic E-state index is 5.75. The van der Waals surface area contributed by atoms with Crippen LogP contribution < -0.4 is 4.74 Å². The lowest BCUT2D eigenvalue weighted by Crippen LogP contribution is -2.47. The Morgan fingerprint density at radius 3 is 2.50 bits per heavy atom. The van der Waals surface area contributed by atoms with Crippen LogP contribution in [0.15, 0.2) is 12.1 Å². The lowest BCUT2D eigenvalue weighted by Gasteiger charge is -2.54. The van der Waals surface area contributed by atoms with Gasteiger partial charge in [-0.25, -0.2) is 0 Å². The number of fused-ring (bicyclic) bond motifs is 3. The van der Waals surface area contributed by atoms with Gasteiger partial charge in [0.2, 0.25) is 0 Å². The molecule has 0 amide bonds. The van der Waals surface area contributed by atoms with E-state index in [1.165, 1.54) is 37.7 Å². The summed E-state index contributed by atoms with van der Waals surface area (Å²) in [5.41, 5.74) is 5.34. The second kappa shape index (κ2) is 5.28. The number of benzene rings is 1. The van der Waals surface area contributed by atoms with Crippen LogP contribution in [0.25, 0.3) is 0 Å². The van der Waals surface area contributed by atoms with E-state index in [0.29, 0.717) is 16.7 Å². The summed E-state index contributed by atoms with van der Waals surface area (Å²) in [6.45, 7) is 12.0. The molecule has 1 fully saturated rings. The van der Waals surface area contributed by atoms with E-state index < -0.39 is 0 Å². The van der Waals surface area contributed by atoms with Crippen LogP contribution in [0.5, 0.6) is 5.75 Å². The maximum absolute atomic E-state index is 5.75. The zero-order valence-electron chi connectivity index (χ0n) is 15.3. The molecule has 2 aliphatic rings. The molecule has 122 valence electrons. The van der Waals surface area contributed by atoms with Gasteiger partial charge in [0.1, 0.15) is 5.75 Å². The normalized spacial score (nSPS) is 29.9. The molecule has 1 saturated carbocycles. The Hall–Kier alpha value is -0.980. The number of ether oxygens (including phenoxy) is 1. The van der Waals surface area contributed by atoms with Crippen molar-refractivity contribution in [3.63, 3.8) is 0 Å². The molecule has 0 aliphatic heterocycles. The minimum Gasteiger partial charge on any atom is -0.496 e. The van der Waals surface area contributed by atoms with Crippen molar-refractivity contribution in [2.45, 2.75) is 78.1 Å². The molecular weight excluding hydrogens is 268 g/mol. The molecular formula is C21H32O. The molecule has 2 atom stereocenters. The molecule has 0 saturated heterocycles. The van der Waals surface area contributed by atoms with Gasteiger partial charge < -0.3 is 4.74 Å². The summed E-state index contributed by atoms with van der Waals surface area (Å²) in [4.78, 5) is 0. The van der Waals surface area contributed by atoms with Crippen molar-refractivity contribution in [3.05, 3.63) is 28.8 Å². The molecule has 3 rings (SSSR count). The number of hydrogen-bond donors (Lipinski definition) is 0. The number of aryl methyl sites for hydroxylation is 1. The highest BCUT2D eigenvalue weighted by atomic mass is 16.5. The lowest BCUT2D eigenvalue weighted by molar-refractivity contribution is 0.0405. The van der Waals surface area contributed by atoms with Crippen LogP contribution in [0.2, 0.25) is 0 Å². The van der Waals surface area contributed by atoms with E-state index in [0.717, 1.165) is 11.7 Å². The van der Waals surface area contributed by atoms with Crippen LogP contribution in [-0.4, -0.2) is 7.11 Å². The van der Waals surface area contributed by atoms with Crippen molar-refractivity contribution in [2.24, 2.45) is 11.3 Å². The Balaban J connectivity index is 2.14. The number of methoxy groups -OCH3 is 1. The highest BCUT2D eigenvalue weighted by Gasteiger charge is 2.49. The van der Waals surface area contributed by atoms with Crippen molar-refractivity contribution in [2.75, 3.05) is 7.11 Å². The lowest BCUT2D eigenvalue weighted by atomic mass is 9.50. The van der Waals surface area contributed by atoms with Gasteiger partial charge in [-0.2, -0.15) is 0 Å². The zero-order valence-corrected chi connectivity index (χ0v) is 15.3. The third-order valence-corrected chi connectivity index (χ3v) is 6.62. The predicted molar refractivity (Wildman–Crippen MR) is 93.9 cm³/mol. The second-order valence-electron chi connectivity index (χ2n) is 8.76. The van der Waals surface area contributed by atoms with Gasteiger partial charge in [-0.1, -0.05) is 47.1 Å². The summed E-state index contributed by atoms with van der Waals surface area (Å²) < 4.78 is 5.75. The van der Waals surface area contributed by atoms with Gasteiger partial charge in [0.25, 0.3) is 0 Å². The van der Waals surface area contributed by atoms with Gasteiger partial charge in [0.05, 0.1) is 7.11 Å². The van der Waals surface area contributed by atoms with Gasteiger partial charge in [0, 0.05) is 0 Å². The van der Waals surface area contributed by atoms with Crippen molar-refractivity contribution < 1.29 is 4.74 Å². The van der Waals surface area contributed by atoms with Gasteiger partial charge in [-0.15, -0.1) is 0 Å². The predicted octanol–water partition coefficient (Wildman–Crippen LogP) is 5.85. The van der Waals surface area contributed by atoms with E-state index in [-0.39, 0.29) is 0 Å². The summed E-state index contributed by atoms with van der Waals surface area (Å²) in [5.74, 6) is 2.42. The monoisotopic (exact) mass is 300 g/mol. The fraction of sp³-hybridized carbons (Fsp3) is 0.714. The fourth-order valence-corrected chi connectivity index (χ4v) is 5.46. The van der Waals surface area contributed by atoms with Gasteiger partial charge >= 0.3 is 0 Å². The first-order valence-electron chi connectivity index (χ1n) is 9.01. The average molecular weight is 300 g/mol.